The fraction of sp³-hybridized carbons (Fsp3) is 0.350. The standard InChI is InChI=1S/C20H22N4O/c1-13-8-14(2)23-20(18(13)11-21)24-7-6-16(12-24)9-15-4-3-5-17(10-15)19(22)25/h3-5,8,10,16H,6-7,9,12H2,1-2H3,(H2,22,25). The number of hydrogen-bond donors (Lipinski definition) is 1. The minimum atomic E-state index is -0.395. The molecule has 128 valence electrons. The molecule has 1 aromatic carbocycles. The lowest BCUT2D eigenvalue weighted by molar-refractivity contribution is 0.1000. The zero-order chi connectivity index (χ0) is 18.0. The normalized spacial score (nSPS) is 16.7. The van der Waals surface area contributed by atoms with Crippen LogP contribution in [0.5, 0.6) is 0 Å². The van der Waals surface area contributed by atoms with Crippen LogP contribution in [0.15, 0.2) is 30.3 Å². The highest BCUT2D eigenvalue weighted by Crippen LogP contribution is 2.29. The van der Waals surface area contributed by atoms with E-state index in [0.717, 1.165) is 48.6 Å². The maximum Gasteiger partial charge on any atom is 0.248 e. The van der Waals surface area contributed by atoms with E-state index in [1.54, 1.807) is 6.07 Å². The van der Waals surface area contributed by atoms with Crippen LogP contribution in [-0.2, 0) is 6.42 Å². The van der Waals surface area contributed by atoms with Gasteiger partial charge < -0.3 is 10.6 Å². The average Bonchev–Trinajstić information content (AvgIpc) is 3.02. The van der Waals surface area contributed by atoms with E-state index < -0.39 is 5.91 Å². The minimum Gasteiger partial charge on any atom is -0.366 e. The Balaban J connectivity index is 1.76. The summed E-state index contributed by atoms with van der Waals surface area (Å²) >= 11 is 0. The third kappa shape index (κ3) is 3.63. The number of aryl methyl sites for hydroxylation is 2. The summed E-state index contributed by atoms with van der Waals surface area (Å²) in [6.45, 7) is 5.68. The molecule has 1 fully saturated rings. The van der Waals surface area contributed by atoms with Gasteiger partial charge in [0, 0.05) is 24.3 Å². The highest BCUT2D eigenvalue weighted by molar-refractivity contribution is 5.92. The molecule has 1 saturated heterocycles. The van der Waals surface area contributed by atoms with Crippen molar-refractivity contribution < 1.29 is 4.79 Å². The molecule has 0 spiro atoms. The Bertz CT molecular complexity index is 853. The summed E-state index contributed by atoms with van der Waals surface area (Å²) in [5.41, 5.74) is 9.61. The number of hydrogen-bond acceptors (Lipinski definition) is 4. The quantitative estimate of drug-likeness (QED) is 0.932. The third-order valence-corrected chi connectivity index (χ3v) is 4.76. The fourth-order valence-corrected chi connectivity index (χ4v) is 3.56. The largest absolute Gasteiger partial charge is 0.366 e. The Hall–Kier alpha value is -2.87. The van der Waals surface area contributed by atoms with E-state index in [1.165, 1.54) is 0 Å². The summed E-state index contributed by atoms with van der Waals surface area (Å²) in [6, 6.07) is 11.8. The Labute approximate surface area is 148 Å². The van der Waals surface area contributed by atoms with Crippen LogP contribution in [0.3, 0.4) is 0 Å². The number of rotatable bonds is 4. The lowest BCUT2D eigenvalue weighted by atomic mass is 9.97. The Morgan fingerprint density at radius 3 is 2.92 bits per heavy atom. The van der Waals surface area contributed by atoms with Crippen molar-refractivity contribution in [3.8, 4) is 6.07 Å². The number of carbonyl (C=O) groups is 1. The second kappa shape index (κ2) is 6.94. The smallest absolute Gasteiger partial charge is 0.248 e. The van der Waals surface area contributed by atoms with Crippen LogP contribution in [0.25, 0.3) is 0 Å². The van der Waals surface area contributed by atoms with Crippen molar-refractivity contribution in [3.05, 3.63) is 58.3 Å². The zero-order valence-electron chi connectivity index (χ0n) is 14.6. The number of primary amides is 1. The highest BCUT2D eigenvalue weighted by Gasteiger charge is 2.26. The van der Waals surface area contributed by atoms with Crippen molar-refractivity contribution in [3.63, 3.8) is 0 Å². The molecule has 0 radical (unpaired) electrons. The number of nitrogens with zero attached hydrogens (tertiary/aromatic N) is 3. The molecule has 1 unspecified atom stereocenters. The molecule has 25 heavy (non-hydrogen) atoms. The Kier molecular flexibility index (Phi) is 4.71. The maximum atomic E-state index is 11.3. The van der Waals surface area contributed by atoms with E-state index in [1.807, 2.05) is 38.1 Å². The van der Waals surface area contributed by atoms with Crippen LogP contribution in [0.1, 0.15) is 39.2 Å². The molecule has 1 aromatic heterocycles. The summed E-state index contributed by atoms with van der Waals surface area (Å²) in [5, 5.41) is 9.47. The van der Waals surface area contributed by atoms with Crippen LogP contribution >= 0.6 is 0 Å². The molecule has 0 saturated carbocycles. The first kappa shape index (κ1) is 17.0. The van der Waals surface area contributed by atoms with Gasteiger partial charge in [0.1, 0.15) is 11.9 Å². The molecule has 0 aliphatic carbocycles. The maximum absolute atomic E-state index is 11.3. The van der Waals surface area contributed by atoms with E-state index >= 15 is 0 Å². The van der Waals surface area contributed by atoms with Gasteiger partial charge in [-0.15, -0.1) is 0 Å². The van der Waals surface area contributed by atoms with Gasteiger partial charge in [-0.2, -0.15) is 5.26 Å². The SMILES string of the molecule is Cc1cc(C)c(C#N)c(N2CCC(Cc3cccc(C(N)=O)c3)C2)n1. The number of pyridine rings is 1. The zero-order valence-corrected chi connectivity index (χ0v) is 14.6. The van der Waals surface area contributed by atoms with Gasteiger partial charge in [-0.05, 0) is 61.9 Å². The van der Waals surface area contributed by atoms with Crippen molar-refractivity contribution in [1.29, 1.82) is 5.26 Å². The molecule has 3 rings (SSSR count). The van der Waals surface area contributed by atoms with E-state index in [9.17, 15) is 10.1 Å². The summed E-state index contributed by atoms with van der Waals surface area (Å²) in [4.78, 5) is 18.2. The van der Waals surface area contributed by atoms with Gasteiger partial charge in [-0.25, -0.2) is 4.98 Å². The second-order valence-electron chi connectivity index (χ2n) is 6.76. The van der Waals surface area contributed by atoms with Crippen molar-refractivity contribution in [2.24, 2.45) is 11.7 Å². The van der Waals surface area contributed by atoms with Crippen LogP contribution in [0, 0.1) is 31.1 Å². The van der Waals surface area contributed by atoms with Gasteiger partial charge in [-0.1, -0.05) is 12.1 Å². The Morgan fingerprint density at radius 1 is 1.40 bits per heavy atom. The number of anilines is 1. The van der Waals surface area contributed by atoms with Crippen molar-refractivity contribution in [2.75, 3.05) is 18.0 Å². The predicted octanol–water partition coefficient (Wildman–Crippen LogP) is 2.74. The molecule has 1 aliphatic heterocycles. The number of nitriles is 1. The molecule has 2 aromatic rings. The molecule has 1 amide bonds. The molecule has 2 N–H and O–H groups in total. The van der Waals surface area contributed by atoms with Crippen molar-refractivity contribution >= 4 is 11.7 Å². The van der Waals surface area contributed by atoms with Gasteiger partial charge in [-0.3, -0.25) is 4.79 Å². The van der Waals surface area contributed by atoms with E-state index in [2.05, 4.69) is 16.0 Å². The second-order valence-corrected chi connectivity index (χ2v) is 6.76. The van der Waals surface area contributed by atoms with Gasteiger partial charge in [0.15, 0.2) is 0 Å². The monoisotopic (exact) mass is 334 g/mol. The predicted molar refractivity (Wildman–Crippen MR) is 97.4 cm³/mol. The number of benzene rings is 1. The molecule has 1 aliphatic rings. The lowest BCUT2D eigenvalue weighted by Crippen LogP contribution is -2.23. The fourth-order valence-electron chi connectivity index (χ4n) is 3.56. The number of aromatic nitrogens is 1. The van der Waals surface area contributed by atoms with E-state index in [0.29, 0.717) is 17.0 Å². The Morgan fingerprint density at radius 2 is 2.20 bits per heavy atom. The summed E-state index contributed by atoms with van der Waals surface area (Å²) in [6.07, 6.45) is 1.94. The topological polar surface area (TPSA) is 83.0 Å². The van der Waals surface area contributed by atoms with E-state index in [-0.39, 0.29) is 0 Å². The van der Waals surface area contributed by atoms with Crippen LogP contribution < -0.4 is 10.6 Å². The molecule has 1 atom stereocenters. The molecule has 5 nitrogen and oxygen atoms in total. The molecular formula is C20H22N4O. The molecule has 0 bridgehead atoms. The first-order chi connectivity index (χ1) is 12.0. The first-order valence-corrected chi connectivity index (χ1v) is 8.50. The first-order valence-electron chi connectivity index (χ1n) is 8.50. The van der Waals surface area contributed by atoms with Crippen LogP contribution in [-0.4, -0.2) is 24.0 Å². The van der Waals surface area contributed by atoms with E-state index in [4.69, 9.17) is 5.73 Å². The van der Waals surface area contributed by atoms with Gasteiger partial charge in [0.25, 0.3) is 0 Å². The lowest BCUT2D eigenvalue weighted by Gasteiger charge is -2.20. The molecule has 5 heteroatoms. The van der Waals surface area contributed by atoms with Gasteiger partial charge in [0.05, 0.1) is 5.56 Å². The summed E-state index contributed by atoms with van der Waals surface area (Å²) < 4.78 is 0. The van der Waals surface area contributed by atoms with Crippen LogP contribution in [0.2, 0.25) is 0 Å². The number of carbonyl (C=O) groups excluding carboxylic acids is 1. The molecular weight excluding hydrogens is 312 g/mol. The van der Waals surface area contributed by atoms with Crippen molar-refractivity contribution in [2.45, 2.75) is 26.7 Å². The minimum absolute atomic E-state index is 0.395. The van der Waals surface area contributed by atoms with Crippen LogP contribution in [0.4, 0.5) is 5.82 Å². The highest BCUT2D eigenvalue weighted by atomic mass is 16.1. The molecule has 2 heterocycles. The average molecular weight is 334 g/mol. The third-order valence-electron chi connectivity index (χ3n) is 4.76. The van der Waals surface area contributed by atoms with Gasteiger partial charge >= 0.3 is 0 Å². The number of amides is 1. The van der Waals surface area contributed by atoms with Gasteiger partial charge in [0.2, 0.25) is 5.91 Å². The summed E-state index contributed by atoms with van der Waals surface area (Å²) in [7, 11) is 0. The summed E-state index contributed by atoms with van der Waals surface area (Å²) in [5.74, 6) is 0.874. The number of nitrogens with two attached hydrogens (primary N) is 1. The van der Waals surface area contributed by atoms with Crippen molar-refractivity contribution in [1.82, 2.24) is 4.98 Å².